The fourth-order valence-corrected chi connectivity index (χ4v) is 2.84. The molecule has 0 bridgehead atoms. The van der Waals surface area contributed by atoms with E-state index in [1.54, 1.807) is 11.1 Å². The van der Waals surface area contributed by atoms with Crippen LogP contribution >= 0.6 is 11.3 Å². The number of cyclic esters (lactones) is 1. The zero-order valence-corrected chi connectivity index (χ0v) is 10.7. The van der Waals surface area contributed by atoms with Gasteiger partial charge in [0.05, 0.1) is 6.04 Å². The smallest absolute Gasteiger partial charge is 0.411 e. The third-order valence-electron chi connectivity index (χ3n) is 2.69. The molecule has 2 rings (SSSR count). The van der Waals surface area contributed by atoms with E-state index in [9.17, 15) is 4.79 Å². The number of amides is 1. The Morgan fingerprint density at radius 2 is 2.19 bits per heavy atom. The number of ether oxygens (including phenoxy) is 1. The first kappa shape index (κ1) is 11.4. The van der Waals surface area contributed by atoms with Gasteiger partial charge in [0.1, 0.15) is 5.01 Å². The molecular formula is C11H16N2O2S. The van der Waals surface area contributed by atoms with Crippen molar-refractivity contribution in [2.24, 2.45) is 0 Å². The first-order chi connectivity index (χ1) is 7.41. The second kappa shape index (κ2) is 3.73. The molecule has 2 atom stereocenters. The Morgan fingerprint density at radius 1 is 1.50 bits per heavy atom. The normalized spacial score (nSPS) is 26.0. The van der Waals surface area contributed by atoms with Gasteiger partial charge < -0.3 is 4.74 Å². The van der Waals surface area contributed by atoms with Crippen molar-refractivity contribution in [1.29, 1.82) is 0 Å². The lowest BCUT2D eigenvalue weighted by molar-refractivity contribution is 0.119. The lowest BCUT2D eigenvalue weighted by atomic mass is 10.0. The highest BCUT2D eigenvalue weighted by Gasteiger charge is 2.45. The maximum atomic E-state index is 11.8. The van der Waals surface area contributed by atoms with Gasteiger partial charge in [0.25, 0.3) is 0 Å². The van der Waals surface area contributed by atoms with Crippen LogP contribution < -0.4 is 0 Å². The molecule has 2 heterocycles. The fourth-order valence-electron chi connectivity index (χ4n) is 2.08. The number of hydrogen-bond donors (Lipinski definition) is 0. The summed E-state index contributed by atoms with van der Waals surface area (Å²) in [4.78, 5) is 17.8. The topological polar surface area (TPSA) is 42.4 Å². The van der Waals surface area contributed by atoms with E-state index in [2.05, 4.69) is 4.98 Å². The molecule has 1 saturated heterocycles. The minimum Gasteiger partial charge on any atom is -0.436 e. The van der Waals surface area contributed by atoms with Crippen LogP contribution in [0.1, 0.15) is 38.8 Å². The molecule has 1 aliphatic rings. The van der Waals surface area contributed by atoms with Crippen LogP contribution in [-0.4, -0.2) is 27.6 Å². The summed E-state index contributed by atoms with van der Waals surface area (Å²) in [7, 11) is 0. The zero-order chi connectivity index (χ0) is 11.9. The van der Waals surface area contributed by atoms with E-state index in [0.717, 1.165) is 5.01 Å². The number of nitrogens with zero attached hydrogens (tertiary/aromatic N) is 2. The molecule has 0 saturated carbocycles. The van der Waals surface area contributed by atoms with Crippen LogP contribution in [0.15, 0.2) is 11.6 Å². The highest BCUT2D eigenvalue weighted by atomic mass is 32.1. The van der Waals surface area contributed by atoms with Crippen molar-refractivity contribution < 1.29 is 9.53 Å². The van der Waals surface area contributed by atoms with Gasteiger partial charge in [0, 0.05) is 17.1 Å². The predicted octanol–water partition coefficient (Wildman–Crippen LogP) is 2.82. The van der Waals surface area contributed by atoms with Crippen LogP contribution in [0.5, 0.6) is 0 Å². The van der Waals surface area contributed by atoms with Crippen LogP contribution in [0, 0.1) is 0 Å². The molecule has 0 aromatic carbocycles. The van der Waals surface area contributed by atoms with E-state index in [-0.39, 0.29) is 23.8 Å². The molecule has 1 aromatic rings. The van der Waals surface area contributed by atoms with E-state index < -0.39 is 0 Å². The van der Waals surface area contributed by atoms with Gasteiger partial charge in [-0.3, -0.25) is 4.90 Å². The number of carbonyl (C=O) groups excluding carboxylic acids is 1. The van der Waals surface area contributed by atoms with Crippen molar-refractivity contribution in [2.75, 3.05) is 0 Å². The lowest BCUT2D eigenvalue weighted by Gasteiger charge is -2.33. The summed E-state index contributed by atoms with van der Waals surface area (Å²) in [5, 5.41) is 2.77. The molecular weight excluding hydrogens is 224 g/mol. The predicted molar refractivity (Wildman–Crippen MR) is 62.4 cm³/mol. The van der Waals surface area contributed by atoms with Crippen molar-refractivity contribution in [2.45, 2.75) is 45.4 Å². The second-order valence-electron chi connectivity index (χ2n) is 4.96. The maximum Gasteiger partial charge on any atom is 0.411 e. The van der Waals surface area contributed by atoms with Crippen molar-refractivity contribution in [1.82, 2.24) is 9.88 Å². The summed E-state index contributed by atoms with van der Waals surface area (Å²) in [6, 6.07) is 0.0265. The largest absolute Gasteiger partial charge is 0.436 e. The third-order valence-corrected chi connectivity index (χ3v) is 3.52. The molecule has 1 aromatic heterocycles. The summed E-state index contributed by atoms with van der Waals surface area (Å²) in [6.07, 6.45) is 1.26. The number of thiazole rings is 1. The molecule has 0 unspecified atom stereocenters. The molecule has 16 heavy (non-hydrogen) atoms. The van der Waals surface area contributed by atoms with Crippen LogP contribution in [0.25, 0.3) is 0 Å². The summed E-state index contributed by atoms with van der Waals surface area (Å²) < 4.78 is 5.39. The summed E-state index contributed by atoms with van der Waals surface area (Å²) in [5.41, 5.74) is -0.220. The first-order valence-corrected chi connectivity index (χ1v) is 6.18. The Bertz CT molecular complexity index is 383. The standard InChI is InChI=1S/C11H16N2O2S/c1-7-8(9-12-5-6-16-9)15-10(14)13(7)11(2,3)4/h5-8H,1-4H3/t7-,8-/m0/s1. The number of carbonyl (C=O) groups is 1. The van der Waals surface area contributed by atoms with Gasteiger partial charge in [-0.1, -0.05) is 0 Å². The van der Waals surface area contributed by atoms with Crippen molar-refractivity contribution in [3.63, 3.8) is 0 Å². The zero-order valence-electron chi connectivity index (χ0n) is 9.93. The minimum atomic E-state index is -0.250. The lowest BCUT2D eigenvalue weighted by Crippen LogP contribution is -2.46. The Labute approximate surface area is 99.2 Å². The summed E-state index contributed by atoms with van der Waals surface area (Å²) in [5.74, 6) is 0. The second-order valence-corrected chi connectivity index (χ2v) is 5.88. The van der Waals surface area contributed by atoms with Gasteiger partial charge >= 0.3 is 6.09 Å². The van der Waals surface area contributed by atoms with E-state index in [1.165, 1.54) is 11.3 Å². The van der Waals surface area contributed by atoms with Gasteiger partial charge in [0.15, 0.2) is 6.10 Å². The number of aromatic nitrogens is 1. The Balaban J connectivity index is 2.26. The molecule has 0 N–H and O–H groups in total. The Kier molecular flexibility index (Phi) is 2.66. The van der Waals surface area contributed by atoms with E-state index in [0.29, 0.717) is 0 Å². The molecule has 5 heteroatoms. The van der Waals surface area contributed by atoms with Gasteiger partial charge in [-0.15, -0.1) is 11.3 Å². The van der Waals surface area contributed by atoms with Gasteiger partial charge in [-0.2, -0.15) is 0 Å². The van der Waals surface area contributed by atoms with Crippen LogP contribution in [0.4, 0.5) is 4.79 Å². The van der Waals surface area contributed by atoms with Crippen LogP contribution in [-0.2, 0) is 4.74 Å². The number of rotatable bonds is 1. The van der Waals surface area contributed by atoms with Crippen molar-refractivity contribution in [3.05, 3.63) is 16.6 Å². The molecule has 4 nitrogen and oxygen atoms in total. The molecule has 0 spiro atoms. The highest BCUT2D eigenvalue weighted by molar-refractivity contribution is 7.09. The van der Waals surface area contributed by atoms with Crippen LogP contribution in [0.3, 0.4) is 0 Å². The molecule has 0 aliphatic carbocycles. The highest BCUT2D eigenvalue weighted by Crippen LogP contribution is 2.37. The molecule has 1 fully saturated rings. The third kappa shape index (κ3) is 1.80. The van der Waals surface area contributed by atoms with Gasteiger partial charge in [-0.05, 0) is 27.7 Å². The molecule has 0 radical (unpaired) electrons. The Morgan fingerprint density at radius 3 is 2.62 bits per heavy atom. The Hall–Kier alpha value is -1.10. The molecule has 88 valence electrons. The molecule has 1 amide bonds. The molecule has 1 aliphatic heterocycles. The average Bonchev–Trinajstić information content (AvgIpc) is 2.71. The summed E-state index contributed by atoms with van der Waals surface area (Å²) in [6.45, 7) is 8.03. The van der Waals surface area contributed by atoms with Gasteiger partial charge in [0.2, 0.25) is 0 Å². The van der Waals surface area contributed by atoms with Gasteiger partial charge in [-0.25, -0.2) is 9.78 Å². The van der Waals surface area contributed by atoms with Crippen LogP contribution in [0.2, 0.25) is 0 Å². The van der Waals surface area contributed by atoms with E-state index >= 15 is 0 Å². The summed E-state index contributed by atoms with van der Waals surface area (Å²) >= 11 is 1.52. The fraction of sp³-hybridized carbons (Fsp3) is 0.636. The van der Waals surface area contributed by atoms with E-state index in [4.69, 9.17) is 4.74 Å². The minimum absolute atomic E-state index is 0.0265. The van der Waals surface area contributed by atoms with Crippen molar-refractivity contribution >= 4 is 17.4 Å². The SMILES string of the molecule is C[C@H]1[C@@H](c2nccs2)OC(=O)N1C(C)(C)C. The van der Waals surface area contributed by atoms with Crippen molar-refractivity contribution in [3.8, 4) is 0 Å². The monoisotopic (exact) mass is 240 g/mol. The average molecular weight is 240 g/mol. The maximum absolute atomic E-state index is 11.8. The number of hydrogen-bond acceptors (Lipinski definition) is 4. The first-order valence-electron chi connectivity index (χ1n) is 5.30. The van der Waals surface area contributed by atoms with E-state index in [1.807, 2.05) is 33.1 Å². The quantitative estimate of drug-likeness (QED) is 0.758.